The summed E-state index contributed by atoms with van der Waals surface area (Å²) >= 11 is 0. The van der Waals surface area contributed by atoms with Crippen molar-refractivity contribution in [3.05, 3.63) is 54.1 Å². The van der Waals surface area contributed by atoms with E-state index in [0.717, 1.165) is 48.4 Å². The highest BCUT2D eigenvalue weighted by atomic mass is 16.5. The Balaban J connectivity index is 1.58. The molecule has 31 heavy (non-hydrogen) atoms. The van der Waals surface area contributed by atoms with Crippen LogP contribution in [0.4, 0.5) is 5.69 Å². The molecule has 0 aliphatic heterocycles. The van der Waals surface area contributed by atoms with Crippen molar-refractivity contribution in [2.75, 3.05) is 5.32 Å². The number of anilines is 1. The Morgan fingerprint density at radius 1 is 1.03 bits per heavy atom. The number of carbonyl (C=O) groups excluding carboxylic acids is 1. The molecule has 0 bridgehead atoms. The topological polar surface area (TPSA) is 69.0 Å². The lowest BCUT2D eigenvalue weighted by Crippen LogP contribution is -2.24. The second-order valence-corrected chi connectivity index (χ2v) is 8.53. The standard InChI is InChI=1S/C25H30N4O2/c1-17(2)31-25-27-23(19-11-9-18(3)10-12-19)29(28-25)22-15-13-21(14-16-22)26-24(30)20-7-5-4-6-8-20/h9-17,20H,4-8H2,1-3H3,(H,26,30). The fourth-order valence-corrected chi connectivity index (χ4v) is 3.92. The van der Waals surface area contributed by atoms with Crippen LogP contribution in [0.5, 0.6) is 6.01 Å². The monoisotopic (exact) mass is 418 g/mol. The molecule has 0 spiro atoms. The third kappa shape index (κ3) is 5.13. The van der Waals surface area contributed by atoms with E-state index in [-0.39, 0.29) is 17.9 Å². The van der Waals surface area contributed by atoms with Crippen LogP contribution in [0.3, 0.4) is 0 Å². The lowest BCUT2D eigenvalue weighted by molar-refractivity contribution is -0.120. The molecule has 1 amide bonds. The van der Waals surface area contributed by atoms with Crippen LogP contribution < -0.4 is 10.1 Å². The lowest BCUT2D eigenvalue weighted by Gasteiger charge is -2.20. The van der Waals surface area contributed by atoms with Crippen molar-refractivity contribution in [3.63, 3.8) is 0 Å². The smallest absolute Gasteiger partial charge is 0.336 e. The molecule has 0 atom stereocenters. The maximum Gasteiger partial charge on any atom is 0.336 e. The lowest BCUT2D eigenvalue weighted by atomic mass is 9.88. The van der Waals surface area contributed by atoms with Crippen molar-refractivity contribution < 1.29 is 9.53 Å². The average molecular weight is 419 g/mol. The van der Waals surface area contributed by atoms with E-state index in [1.54, 1.807) is 4.68 Å². The van der Waals surface area contributed by atoms with E-state index in [2.05, 4.69) is 34.5 Å². The molecule has 0 unspecified atom stereocenters. The number of aromatic nitrogens is 3. The van der Waals surface area contributed by atoms with Gasteiger partial charge < -0.3 is 10.1 Å². The fourth-order valence-electron chi connectivity index (χ4n) is 3.92. The maximum absolute atomic E-state index is 12.5. The van der Waals surface area contributed by atoms with Gasteiger partial charge in [0, 0.05) is 17.2 Å². The zero-order valence-electron chi connectivity index (χ0n) is 18.5. The highest BCUT2D eigenvalue weighted by Crippen LogP contribution is 2.27. The first kappa shape index (κ1) is 21.1. The van der Waals surface area contributed by atoms with Crippen molar-refractivity contribution >= 4 is 11.6 Å². The van der Waals surface area contributed by atoms with Crippen LogP contribution in [0, 0.1) is 12.8 Å². The third-order valence-electron chi connectivity index (χ3n) is 5.59. The number of amides is 1. The van der Waals surface area contributed by atoms with Gasteiger partial charge in [0.1, 0.15) is 0 Å². The van der Waals surface area contributed by atoms with Gasteiger partial charge in [-0.15, -0.1) is 5.10 Å². The highest BCUT2D eigenvalue weighted by molar-refractivity contribution is 5.92. The van der Waals surface area contributed by atoms with Gasteiger partial charge in [0.15, 0.2) is 5.82 Å². The average Bonchev–Trinajstić information content (AvgIpc) is 3.18. The molecular formula is C25H30N4O2. The molecule has 2 aromatic carbocycles. The van der Waals surface area contributed by atoms with Gasteiger partial charge in [-0.05, 0) is 57.9 Å². The minimum absolute atomic E-state index is 0.0147. The number of nitrogens with zero attached hydrogens (tertiary/aromatic N) is 3. The van der Waals surface area contributed by atoms with Crippen molar-refractivity contribution in [2.45, 2.75) is 59.0 Å². The highest BCUT2D eigenvalue weighted by Gasteiger charge is 2.21. The predicted octanol–water partition coefficient (Wildman–Crippen LogP) is 5.55. The minimum Gasteiger partial charge on any atom is -0.460 e. The third-order valence-corrected chi connectivity index (χ3v) is 5.59. The quantitative estimate of drug-likeness (QED) is 0.570. The summed E-state index contributed by atoms with van der Waals surface area (Å²) in [5.41, 5.74) is 3.81. The summed E-state index contributed by atoms with van der Waals surface area (Å²) in [5.74, 6) is 0.975. The normalized spacial score (nSPS) is 14.6. The number of ether oxygens (including phenoxy) is 1. The summed E-state index contributed by atoms with van der Waals surface area (Å²) in [4.78, 5) is 17.2. The number of rotatable bonds is 6. The van der Waals surface area contributed by atoms with Gasteiger partial charge in [-0.3, -0.25) is 4.79 Å². The largest absolute Gasteiger partial charge is 0.460 e. The SMILES string of the molecule is Cc1ccc(-c2nc(OC(C)C)nn2-c2ccc(NC(=O)C3CCCCC3)cc2)cc1. The van der Waals surface area contributed by atoms with Crippen molar-refractivity contribution in [3.8, 4) is 23.1 Å². The Morgan fingerprint density at radius 2 is 1.71 bits per heavy atom. The molecule has 1 saturated carbocycles. The van der Waals surface area contributed by atoms with Gasteiger partial charge >= 0.3 is 6.01 Å². The van der Waals surface area contributed by atoms with E-state index in [1.807, 2.05) is 50.2 Å². The second kappa shape index (κ2) is 9.33. The van der Waals surface area contributed by atoms with E-state index in [1.165, 1.54) is 12.0 Å². The van der Waals surface area contributed by atoms with Gasteiger partial charge in [0.2, 0.25) is 5.91 Å². The molecule has 6 nitrogen and oxygen atoms in total. The number of benzene rings is 2. The molecule has 4 rings (SSSR count). The molecule has 0 radical (unpaired) electrons. The van der Waals surface area contributed by atoms with Gasteiger partial charge in [-0.2, -0.15) is 4.98 Å². The zero-order chi connectivity index (χ0) is 21.8. The van der Waals surface area contributed by atoms with Crippen LogP contribution >= 0.6 is 0 Å². The summed E-state index contributed by atoms with van der Waals surface area (Å²) in [7, 11) is 0. The Labute approximate surface area is 183 Å². The Morgan fingerprint density at radius 3 is 2.35 bits per heavy atom. The van der Waals surface area contributed by atoms with Gasteiger partial charge in [0.05, 0.1) is 11.8 Å². The van der Waals surface area contributed by atoms with Crippen LogP contribution in [0.2, 0.25) is 0 Å². The molecule has 0 saturated heterocycles. The summed E-state index contributed by atoms with van der Waals surface area (Å²) in [6, 6.07) is 16.3. The first-order valence-electron chi connectivity index (χ1n) is 11.1. The van der Waals surface area contributed by atoms with E-state index in [4.69, 9.17) is 4.74 Å². The van der Waals surface area contributed by atoms with Crippen molar-refractivity contribution in [1.82, 2.24) is 14.8 Å². The molecule has 1 aliphatic rings. The molecular weight excluding hydrogens is 388 g/mol. The summed E-state index contributed by atoms with van der Waals surface area (Å²) in [5, 5.41) is 7.64. The summed E-state index contributed by atoms with van der Waals surface area (Å²) < 4.78 is 7.53. The summed E-state index contributed by atoms with van der Waals surface area (Å²) in [6.07, 6.45) is 5.49. The Hall–Kier alpha value is -3.15. The van der Waals surface area contributed by atoms with E-state index in [9.17, 15) is 4.79 Å². The fraction of sp³-hybridized carbons (Fsp3) is 0.400. The van der Waals surface area contributed by atoms with Crippen LogP contribution in [-0.4, -0.2) is 26.8 Å². The van der Waals surface area contributed by atoms with Crippen molar-refractivity contribution in [1.29, 1.82) is 0 Å². The first-order chi connectivity index (χ1) is 15.0. The molecule has 1 heterocycles. The summed E-state index contributed by atoms with van der Waals surface area (Å²) in [6.45, 7) is 5.97. The minimum atomic E-state index is -0.0147. The number of aryl methyl sites for hydroxylation is 1. The van der Waals surface area contributed by atoms with Crippen LogP contribution in [-0.2, 0) is 4.79 Å². The van der Waals surface area contributed by atoms with Crippen LogP contribution in [0.25, 0.3) is 17.1 Å². The van der Waals surface area contributed by atoms with Crippen LogP contribution in [0.15, 0.2) is 48.5 Å². The molecule has 162 valence electrons. The number of nitrogens with one attached hydrogen (secondary N) is 1. The van der Waals surface area contributed by atoms with Crippen molar-refractivity contribution in [2.24, 2.45) is 5.92 Å². The molecule has 3 aromatic rings. The predicted molar refractivity (Wildman–Crippen MR) is 123 cm³/mol. The van der Waals surface area contributed by atoms with E-state index in [0.29, 0.717) is 6.01 Å². The number of hydrogen-bond acceptors (Lipinski definition) is 4. The van der Waals surface area contributed by atoms with Gasteiger partial charge in [0.25, 0.3) is 0 Å². The first-order valence-corrected chi connectivity index (χ1v) is 11.1. The molecule has 6 heteroatoms. The molecule has 1 aliphatic carbocycles. The molecule has 1 fully saturated rings. The molecule has 1 N–H and O–H groups in total. The number of carbonyl (C=O) groups is 1. The second-order valence-electron chi connectivity index (χ2n) is 8.53. The van der Waals surface area contributed by atoms with E-state index >= 15 is 0 Å². The number of hydrogen-bond donors (Lipinski definition) is 1. The van der Waals surface area contributed by atoms with E-state index < -0.39 is 0 Å². The molecule has 1 aromatic heterocycles. The van der Waals surface area contributed by atoms with Gasteiger partial charge in [-0.1, -0.05) is 49.1 Å². The van der Waals surface area contributed by atoms with Gasteiger partial charge in [-0.25, -0.2) is 4.68 Å². The Bertz CT molecular complexity index is 1020. The maximum atomic E-state index is 12.5. The zero-order valence-corrected chi connectivity index (χ0v) is 18.5. The Kier molecular flexibility index (Phi) is 6.35. The van der Waals surface area contributed by atoms with Crippen LogP contribution in [0.1, 0.15) is 51.5 Å².